The number of anilines is 1. The fraction of sp³-hybridized carbons (Fsp3) is 0.421. The summed E-state index contributed by atoms with van der Waals surface area (Å²) in [5.41, 5.74) is 6.59. The Morgan fingerprint density at radius 3 is 2.14 bits per heavy atom. The number of carbonyl (C=O) groups excluding carboxylic acids is 1. The maximum Gasteiger partial charge on any atom is 0.211 e. The van der Waals surface area contributed by atoms with E-state index in [0.29, 0.717) is 6.61 Å². The van der Waals surface area contributed by atoms with Gasteiger partial charge < -0.3 is 10.1 Å². The first-order valence-corrected chi connectivity index (χ1v) is 15.6. The van der Waals surface area contributed by atoms with Gasteiger partial charge in [-0.25, -0.2) is 0 Å². The number of aryl methyl sites for hydroxylation is 1. The molecule has 2 atom stereocenters. The molecule has 2 aliphatic rings. The Labute approximate surface area is 253 Å². The first-order valence-electron chi connectivity index (χ1n) is 15.6. The van der Waals surface area contributed by atoms with Crippen LogP contribution in [0.2, 0.25) is 0 Å². The van der Waals surface area contributed by atoms with Crippen molar-refractivity contribution >= 4 is 22.9 Å². The zero-order chi connectivity index (χ0) is 30.9. The normalized spacial score (nSPS) is 18.5. The molecule has 224 valence electrons. The van der Waals surface area contributed by atoms with Gasteiger partial charge in [-0.3, -0.25) is 9.78 Å². The minimum atomic E-state index is 0.217. The van der Waals surface area contributed by atoms with Crippen molar-refractivity contribution in [1.29, 1.82) is 0 Å². The number of carbonyl (C=O) groups is 1. The van der Waals surface area contributed by atoms with E-state index in [9.17, 15) is 4.79 Å². The molecule has 1 fully saturated rings. The number of amides is 1. The van der Waals surface area contributed by atoms with Gasteiger partial charge in [-0.05, 0) is 88.8 Å². The topological polar surface area (TPSA) is 51.2 Å². The summed E-state index contributed by atoms with van der Waals surface area (Å²) in [5.74, 6) is 2.48. The lowest BCUT2D eigenvalue weighted by atomic mass is 9.45. The van der Waals surface area contributed by atoms with E-state index in [0.717, 1.165) is 40.6 Å². The van der Waals surface area contributed by atoms with Gasteiger partial charge in [0, 0.05) is 29.0 Å². The Morgan fingerprint density at radius 2 is 1.50 bits per heavy atom. The molecule has 1 aromatic heterocycles. The third-order valence-electron chi connectivity index (χ3n) is 8.90. The Morgan fingerprint density at radius 1 is 0.833 bits per heavy atom. The van der Waals surface area contributed by atoms with E-state index in [-0.39, 0.29) is 10.8 Å². The van der Waals surface area contributed by atoms with Gasteiger partial charge in [-0.2, -0.15) is 0 Å². The molecule has 4 heteroatoms. The van der Waals surface area contributed by atoms with E-state index < -0.39 is 0 Å². The van der Waals surface area contributed by atoms with Crippen molar-refractivity contribution in [3.8, 4) is 5.75 Å². The molecule has 0 bridgehead atoms. The number of aromatic nitrogens is 1. The number of hydrogen-bond acceptors (Lipinski definition) is 3. The third-order valence-corrected chi connectivity index (χ3v) is 8.90. The van der Waals surface area contributed by atoms with Crippen molar-refractivity contribution in [2.24, 2.45) is 11.8 Å². The van der Waals surface area contributed by atoms with E-state index in [1.807, 2.05) is 76.5 Å². The Kier molecular flexibility index (Phi) is 11.3. The predicted molar refractivity (Wildman–Crippen MR) is 178 cm³/mol. The molecule has 0 saturated heterocycles. The summed E-state index contributed by atoms with van der Waals surface area (Å²) in [6.45, 7) is 20.1. The second-order valence-electron chi connectivity index (χ2n) is 11.9. The van der Waals surface area contributed by atoms with Crippen LogP contribution in [-0.4, -0.2) is 11.4 Å². The van der Waals surface area contributed by atoms with Crippen LogP contribution in [0, 0.1) is 18.8 Å². The summed E-state index contributed by atoms with van der Waals surface area (Å²) in [6, 6.07) is 22.8. The van der Waals surface area contributed by atoms with Crippen LogP contribution in [0.25, 0.3) is 10.8 Å². The SMILES string of the molecule is CC.CC.CC1(C)c2ccc(NC=O)cc2C(C)(C)C2CCC21.Cc1cccc(OCc2cncc3ccccc23)c1. The third kappa shape index (κ3) is 6.86. The van der Waals surface area contributed by atoms with Gasteiger partial charge >= 0.3 is 0 Å². The average Bonchev–Trinajstić information content (AvgIpc) is 2.97. The summed E-state index contributed by atoms with van der Waals surface area (Å²) in [6.07, 6.45) is 7.21. The number of benzene rings is 3. The van der Waals surface area contributed by atoms with Crippen LogP contribution in [0.4, 0.5) is 5.69 Å². The molecular weight excluding hydrogens is 516 g/mol. The van der Waals surface area contributed by atoms with Crippen LogP contribution >= 0.6 is 0 Å². The van der Waals surface area contributed by atoms with E-state index in [4.69, 9.17) is 4.74 Å². The molecule has 1 N–H and O–H groups in total. The van der Waals surface area contributed by atoms with Crippen LogP contribution in [0.1, 0.15) is 90.5 Å². The second-order valence-corrected chi connectivity index (χ2v) is 11.9. The molecule has 3 aromatic carbocycles. The summed E-state index contributed by atoms with van der Waals surface area (Å²) >= 11 is 0. The van der Waals surface area contributed by atoms with Crippen LogP contribution in [0.5, 0.6) is 5.75 Å². The average molecular weight is 567 g/mol. The van der Waals surface area contributed by atoms with Gasteiger partial charge in [0.1, 0.15) is 12.4 Å². The van der Waals surface area contributed by atoms with Crippen LogP contribution in [0.15, 0.2) is 79.1 Å². The maximum absolute atomic E-state index is 10.6. The van der Waals surface area contributed by atoms with Crippen molar-refractivity contribution in [1.82, 2.24) is 4.98 Å². The highest BCUT2D eigenvalue weighted by Gasteiger charge is 2.54. The first-order chi connectivity index (χ1) is 20.2. The van der Waals surface area contributed by atoms with Crippen LogP contribution in [-0.2, 0) is 22.2 Å². The fourth-order valence-corrected chi connectivity index (χ4v) is 6.58. The highest BCUT2D eigenvalue weighted by atomic mass is 16.5. The number of nitrogens with one attached hydrogen (secondary N) is 1. The molecule has 4 nitrogen and oxygen atoms in total. The van der Waals surface area contributed by atoms with E-state index in [2.05, 4.69) is 75.3 Å². The summed E-state index contributed by atoms with van der Waals surface area (Å²) in [7, 11) is 0. The lowest BCUT2D eigenvalue weighted by Gasteiger charge is -2.59. The van der Waals surface area contributed by atoms with Gasteiger partial charge in [-0.1, -0.05) is 97.9 Å². The van der Waals surface area contributed by atoms with Gasteiger partial charge in [0.25, 0.3) is 0 Å². The highest BCUT2D eigenvalue weighted by molar-refractivity contribution is 5.84. The number of hydrogen-bond donors (Lipinski definition) is 1. The number of ether oxygens (including phenoxy) is 1. The molecule has 0 radical (unpaired) electrons. The van der Waals surface area contributed by atoms with Crippen molar-refractivity contribution in [2.75, 3.05) is 5.32 Å². The van der Waals surface area contributed by atoms with Crippen molar-refractivity contribution < 1.29 is 9.53 Å². The van der Waals surface area contributed by atoms with Gasteiger partial charge in [0.15, 0.2) is 0 Å². The summed E-state index contributed by atoms with van der Waals surface area (Å²) in [4.78, 5) is 14.9. The maximum atomic E-state index is 10.6. The molecule has 1 saturated carbocycles. The minimum Gasteiger partial charge on any atom is -0.489 e. The van der Waals surface area contributed by atoms with Crippen molar-refractivity contribution in [3.63, 3.8) is 0 Å². The highest BCUT2D eigenvalue weighted by Crippen LogP contribution is 2.61. The molecule has 42 heavy (non-hydrogen) atoms. The molecule has 2 aliphatic carbocycles. The summed E-state index contributed by atoms with van der Waals surface area (Å²) < 4.78 is 5.84. The van der Waals surface area contributed by atoms with Gasteiger partial charge in [0.2, 0.25) is 6.41 Å². The molecule has 0 spiro atoms. The van der Waals surface area contributed by atoms with E-state index in [1.54, 1.807) is 0 Å². The van der Waals surface area contributed by atoms with Crippen LogP contribution < -0.4 is 10.1 Å². The number of rotatable bonds is 5. The molecule has 1 amide bonds. The minimum absolute atomic E-state index is 0.217. The van der Waals surface area contributed by atoms with Gasteiger partial charge in [0.05, 0.1) is 0 Å². The number of pyridine rings is 1. The standard InChI is InChI=1S/C17H23NO.C17H15NO.2C2H6/c1-16(2)12-7-8-13(12)17(3,4)15-9-11(18-10-19)5-6-14(15)16;1-13-5-4-7-16(9-13)19-12-15-11-18-10-14-6-2-3-8-17(14)15;2*1-2/h5-6,9-10,12-13H,7-8H2,1-4H3,(H,18,19);2-11H,12H2,1H3;2*1-2H3. The molecule has 4 aromatic rings. The Balaban J connectivity index is 0.000000206. The monoisotopic (exact) mass is 566 g/mol. The molecule has 1 heterocycles. The largest absolute Gasteiger partial charge is 0.489 e. The van der Waals surface area contributed by atoms with Crippen LogP contribution in [0.3, 0.4) is 0 Å². The molecular formula is C38H50N2O2. The molecule has 6 rings (SSSR count). The Bertz CT molecular complexity index is 1450. The fourth-order valence-electron chi connectivity index (χ4n) is 6.58. The lowest BCUT2D eigenvalue weighted by Crippen LogP contribution is -2.54. The zero-order valence-electron chi connectivity index (χ0n) is 27.1. The second kappa shape index (κ2) is 14.5. The van der Waals surface area contributed by atoms with Gasteiger partial charge in [-0.15, -0.1) is 0 Å². The van der Waals surface area contributed by atoms with Crippen molar-refractivity contribution in [2.45, 2.75) is 92.6 Å². The quantitative estimate of drug-likeness (QED) is 0.245. The Hall–Kier alpha value is -3.66. The van der Waals surface area contributed by atoms with Crippen molar-refractivity contribution in [3.05, 3.63) is 101 Å². The molecule has 2 unspecified atom stereocenters. The predicted octanol–water partition coefficient (Wildman–Crippen LogP) is 10.0. The number of fused-ring (bicyclic) bond motifs is 3. The lowest BCUT2D eigenvalue weighted by molar-refractivity contribution is -0.105. The van der Waals surface area contributed by atoms with E-state index in [1.165, 1.54) is 34.9 Å². The smallest absolute Gasteiger partial charge is 0.211 e. The summed E-state index contributed by atoms with van der Waals surface area (Å²) in [5, 5.41) is 5.13. The zero-order valence-corrected chi connectivity index (χ0v) is 27.1. The first kappa shape index (κ1) is 32.8. The van der Waals surface area contributed by atoms with E-state index >= 15 is 0 Å². The number of nitrogens with zero attached hydrogens (tertiary/aromatic N) is 1. The molecule has 0 aliphatic heterocycles.